The van der Waals surface area contributed by atoms with Gasteiger partial charge in [0.25, 0.3) is 0 Å². The molecule has 0 radical (unpaired) electrons. The highest BCUT2D eigenvalue weighted by atomic mass is 16.5. The lowest BCUT2D eigenvalue weighted by molar-refractivity contribution is 0.252. The van der Waals surface area contributed by atoms with E-state index in [1.807, 2.05) is 6.07 Å². The van der Waals surface area contributed by atoms with Gasteiger partial charge in [0, 0.05) is 29.9 Å². The van der Waals surface area contributed by atoms with E-state index >= 15 is 0 Å². The second-order valence-corrected chi connectivity index (χ2v) is 6.14. The summed E-state index contributed by atoms with van der Waals surface area (Å²) in [5, 5.41) is 3.47. The van der Waals surface area contributed by atoms with Crippen LogP contribution in [0.5, 0.6) is 11.5 Å². The maximum absolute atomic E-state index is 5.47. The summed E-state index contributed by atoms with van der Waals surface area (Å²) in [6, 6.07) is 8.28. The molecule has 2 fully saturated rings. The largest absolute Gasteiger partial charge is 0.493 e. The highest BCUT2D eigenvalue weighted by Gasteiger charge is 2.38. The molecular weight excluding hydrogens is 264 g/mol. The van der Waals surface area contributed by atoms with Crippen LogP contribution >= 0.6 is 0 Å². The second-order valence-electron chi connectivity index (χ2n) is 6.14. The fourth-order valence-electron chi connectivity index (χ4n) is 4.02. The summed E-state index contributed by atoms with van der Waals surface area (Å²) in [7, 11) is 5.48. The molecular formula is C17H26N2O2. The standard InChI is InChI=1S/C17H26N2O2/c1-18-12-9-13-5-4-6-14(10-12)19(13)15-7-8-16(20-2)17(11-15)21-3/h7-8,11-14,18H,4-6,9-10H2,1-3H3. The summed E-state index contributed by atoms with van der Waals surface area (Å²) in [4.78, 5) is 2.62. The zero-order chi connectivity index (χ0) is 14.8. The van der Waals surface area contributed by atoms with E-state index in [2.05, 4.69) is 29.4 Å². The minimum absolute atomic E-state index is 0.646. The van der Waals surface area contributed by atoms with Gasteiger partial charge in [-0.25, -0.2) is 0 Å². The second kappa shape index (κ2) is 6.14. The van der Waals surface area contributed by atoms with Crippen molar-refractivity contribution in [2.75, 3.05) is 26.2 Å². The van der Waals surface area contributed by atoms with E-state index in [-0.39, 0.29) is 0 Å². The maximum Gasteiger partial charge on any atom is 0.162 e. The van der Waals surface area contributed by atoms with Gasteiger partial charge in [-0.3, -0.25) is 0 Å². The number of hydrogen-bond acceptors (Lipinski definition) is 4. The minimum atomic E-state index is 0.646. The summed E-state index contributed by atoms with van der Waals surface area (Å²) in [5.74, 6) is 1.63. The maximum atomic E-state index is 5.47. The van der Waals surface area contributed by atoms with Gasteiger partial charge in [-0.05, 0) is 51.3 Å². The SMILES string of the molecule is CNC1CC2CCCC(C1)N2c1ccc(OC)c(OC)c1. The normalized spacial score (nSPS) is 28.3. The Hall–Kier alpha value is -1.42. The first kappa shape index (κ1) is 14.5. The Morgan fingerprint density at radius 3 is 2.29 bits per heavy atom. The predicted octanol–water partition coefficient (Wildman–Crippen LogP) is 2.81. The summed E-state index contributed by atoms with van der Waals surface area (Å²) in [6.45, 7) is 0. The third kappa shape index (κ3) is 2.69. The Morgan fingerprint density at radius 1 is 1.05 bits per heavy atom. The molecule has 4 nitrogen and oxygen atoms in total. The van der Waals surface area contributed by atoms with E-state index in [1.165, 1.54) is 37.8 Å². The molecule has 2 unspecified atom stereocenters. The average molecular weight is 290 g/mol. The predicted molar refractivity (Wildman–Crippen MR) is 85.5 cm³/mol. The molecule has 4 heteroatoms. The van der Waals surface area contributed by atoms with Crippen molar-refractivity contribution in [3.8, 4) is 11.5 Å². The first-order chi connectivity index (χ1) is 10.3. The number of benzene rings is 1. The first-order valence-corrected chi connectivity index (χ1v) is 7.94. The van der Waals surface area contributed by atoms with Crippen molar-refractivity contribution < 1.29 is 9.47 Å². The van der Waals surface area contributed by atoms with Crippen LogP contribution in [0.4, 0.5) is 5.69 Å². The van der Waals surface area contributed by atoms with Gasteiger partial charge >= 0.3 is 0 Å². The highest BCUT2D eigenvalue weighted by Crippen LogP contribution is 2.40. The third-order valence-corrected chi connectivity index (χ3v) is 5.05. The van der Waals surface area contributed by atoms with Gasteiger partial charge in [0.15, 0.2) is 11.5 Å². The molecule has 2 heterocycles. The summed E-state index contributed by atoms with van der Waals surface area (Å²) in [6.07, 6.45) is 6.42. The average Bonchev–Trinajstić information content (AvgIpc) is 2.52. The van der Waals surface area contributed by atoms with Gasteiger partial charge in [0.2, 0.25) is 0 Å². The Bertz CT molecular complexity index is 478. The van der Waals surface area contributed by atoms with Crippen LogP contribution in [0.15, 0.2) is 18.2 Å². The molecule has 116 valence electrons. The number of nitrogens with one attached hydrogen (secondary N) is 1. The van der Waals surface area contributed by atoms with Gasteiger partial charge in [-0.1, -0.05) is 0 Å². The Morgan fingerprint density at radius 2 is 1.71 bits per heavy atom. The molecule has 1 aromatic rings. The number of fused-ring (bicyclic) bond motifs is 2. The molecule has 2 bridgehead atoms. The van der Waals surface area contributed by atoms with Crippen LogP contribution in [-0.4, -0.2) is 39.4 Å². The monoisotopic (exact) mass is 290 g/mol. The lowest BCUT2D eigenvalue weighted by atomic mass is 9.81. The molecule has 0 spiro atoms. The Balaban J connectivity index is 1.89. The lowest BCUT2D eigenvalue weighted by Gasteiger charge is -2.50. The fourth-order valence-corrected chi connectivity index (χ4v) is 4.02. The molecule has 0 saturated carbocycles. The van der Waals surface area contributed by atoms with Crippen molar-refractivity contribution in [3.05, 3.63) is 18.2 Å². The van der Waals surface area contributed by atoms with Crippen LogP contribution in [-0.2, 0) is 0 Å². The van der Waals surface area contributed by atoms with Gasteiger partial charge in [0.1, 0.15) is 0 Å². The molecule has 0 aromatic heterocycles. The highest BCUT2D eigenvalue weighted by molar-refractivity contribution is 5.58. The van der Waals surface area contributed by atoms with E-state index in [1.54, 1.807) is 14.2 Å². The topological polar surface area (TPSA) is 33.7 Å². The molecule has 2 aliphatic heterocycles. The van der Waals surface area contributed by atoms with Gasteiger partial charge in [-0.2, -0.15) is 0 Å². The number of anilines is 1. The van der Waals surface area contributed by atoms with E-state index in [0.29, 0.717) is 18.1 Å². The summed E-state index contributed by atoms with van der Waals surface area (Å²) < 4.78 is 10.8. The lowest BCUT2D eigenvalue weighted by Crippen LogP contribution is -2.56. The minimum Gasteiger partial charge on any atom is -0.493 e. The van der Waals surface area contributed by atoms with Gasteiger partial charge < -0.3 is 19.7 Å². The van der Waals surface area contributed by atoms with Gasteiger partial charge in [0.05, 0.1) is 14.2 Å². The number of rotatable bonds is 4. The number of nitrogens with zero attached hydrogens (tertiary/aromatic N) is 1. The van der Waals surface area contributed by atoms with Crippen molar-refractivity contribution in [1.82, 2.24) is 5.32 Å². The van der Waals surface area contributed by atoms with Crippen LogP contribution in [0.1, 0.15) is 32.1 Å². The Labute approximate surface area is 127 Å². The fraction of sp³-hybridized carbons (Fsp3) is 0.647. The van der Waals surface area contributed by atoms with E-state index in [4.69, 9.17) is 9.47 Å². The van der Waals surface area contributed by atoms with E-state index in [9.17, 15) is 0 Å². The van der Waals surface area contributed by atoms with Crippen molar-refractivity contribution in [1.29, 1.82) is 0 Å². The van der Waals surface area contributed by atoms with Crippen LogP contribution in [0.3, 0.4) is 0 Å². The van der Waals surface area contributed by atoms with Crippen molar-refractivity contribution >= 4 is 5.69 Å². The summed E-state index contributed by atoms with van der Waals surface area (Å²) >= 11 is 0. The molecule has 0 amide bonds. The molecule has 21 heavy (non-hydrogen) atoms. The molecule has 1 N–H and O–H groups in total. The van der Waals surface area contributed by atoms with Gasteiger partial charge in [-0.15, -0.1) is 0 Å². The molecule has 0 aliphatic carbocycles. The number of piperidine rings is 2. The smallest absolute Gasteiger partial charge is 0.162 e. The number of hydrogen-bond donors (Lipinski definition) is 1. The van der Waals surface area contributed by atoms with Crippen LogP contribution in [0.25, 0.3) is 0 Å². The molecule has 2 atom stereocenters. The van der Waals surface area contributed by atoms with E-state index < -0.39 is 0 Å². The zero-order valence-corrected chi connectivity index (χ0v) is 13.3. The van der Waals surface area contributed by atoms with Crippen molar-refractivity contribution in [2.24, 2.45) is 0 Å². The summed E-state index contributed by atoms with van der Waals surface area (Å²) in [5.41, 5.74) is 1.27. The molecule has 2 saturated heterocycles. The van der Waals surface area contributed by atoms with E-state index in [0.717, 1.165) is 11.5 Å². The van der Waals surface area contributed by atoms with Crippen molar-refractivity contribution in [2.45, 2.75) is 50.2 Å². The quantitative estimate of drug-likeness (QED) is 0.924. The third-order valence-electron chi connectivity index (χ3n) is 5.05. The van der Waals surface area contributed by atoms with Crippen LogP contribution in [0, 0.1) is 0 Å². The van der Waals surface area contributed by atoms with Crippen LogP contribution in [0.2, 0.25) is 0 Å². The number of methoxy groups -OCH3 is 2. The molecule has 3 rings (SSSR count). The number of ether oxygens (including phenoxy) is 2. The zero-order valence-electron chi connectivity index (χ0n) is 13.3. The van der Waals surface area contributed by atoms with Crippen molar-refractivity contribution in [3.63, 3.8) is 0 Å². The Kier molecular flexibility index (Phi) is 4.24. The first-order valence-electron chi connectivity index (χ1n) is 7.94. The molecule has 2 aliphatic rings. The molecule has 1 aromatic carbocycles. The van der Waals surface area contributed by atoms with Crippen LogP contribution < -0.4 is 19.7 Å².